The number of aryl methyl sites for hydroxylation is 1. The molecule has 0 amide bonds. The largest absolute Gasteiger partial charge is 0.346 e. The Hall–Kier alpha value is -11.9. The van der Waals surface area contributed by atoms with E-state index in [9.17, 15) is 0 Å². The minimum absolute atomic E-state index is 0.0351. The van der Waals surface area contributed by atoms with E-state index in [-0.39, 0.29) is 28.6 Å². The van der Waals surface area contributed by atoms with Gasteiger partial charge in [-0.15, -0.1) is 0 Å². The molecule has 5 heteroatoms. The smallest absolute Gasteiger partial charge is 0.160 e. The Bertz CT molecular complexity index is 6060. The standard InChI is InChI=1S/C105H87N5/c1-102(2)89-29-17-14-26-81(89)85-53-45-76(61-93(85)102)70-42-50-80(51-43-70)104(5)109-99(58-65-20-8-6-9-21-65)108-101(110-104)73-39-34-69(35-40-73)75-46-54-86-84-52-44-71(49-57-90(84)103(3,4)94(86)60-75)77-47-55-87-88-56-48-78(63-96(88)105(95(87)62-77)91-30-18-15-27-82(91)83-28-16-19-31-92(83)105)98-64-97(72-37-32-68(33-38-72)66-22-10-7-11-23-66)106-100(107-98)79-41-36-67-24-12-13-25-74(67)59-79/h6-8,10-12,14-20,22-24,26-37,39-42,44-45,47-56,59-64,70,72,75H,9,13,21,25,38,43,46,57-58H2,1-5H3,(H,108,109,110)/t70?,72?,75?,104-/m1/s1. The molecule has 1 aliphatic heterocycles. The zero-order chi connectivity index (χ0) is 73.6. The molecule has 4 atom stereocenters. The van der Waals surface area contributed by atoms with Gasteiger partial charge in [-0.05, 0) is 222 Å². The number of fused-ring (bicyclic) bond motifs is 16. The number of allylic oxidation sites excluding steroid dienone is 20. The fraction of sp³-hybridized carbons (Fsp3) is 0.200. The number of rotatable bonds is 11. The number of nitrogens with one attached hydrogen (secondary N) is 1. The van der Waals surface area contributed by atoms with Crippen LogP contribution in [0.25, 0.3) is 73.2 Å². The molecule has 10 aromatic rings. The molecular weight excluding hydrogens is 1330 g/mol. The summed E-state index contributed by atoms with van der Waals surface area (Å²) in [4.78, 5) is 21.9. The van der Waals surface area contributed by atoms with E-state index in [2.05, 4.69) is 343 Å². The molecule has 1 N–H and O–H groups in total. The predicted molar refractivity (Wildman–Crippen MR) is 455 cm³/mol. The average Bonchev–Trinajstić information content (AvgIpc) is 1.51. The van der Waals surface area contributed by atoms with Crippen LogP contribution in [0.3, 0.4) is 0 Å². The molecule has 5 nitrogen and oxygen atoms in total. The Balaban J connectivity index is 0.568. The predicted octanol–water partition coefficient (Wildman–Crippen LogP) is 25.1. The first-order valence-electron chi connectivity index (χ1n) is 40.0. The zero-order valence-corrected chi connectivity index (χ0v) is 63.3. The summed E-state index contributed by atoms with van der Waals surface area (Å²) in [5.74, 6) is 3.15. The maximum Gasteiger partial charge on any atom is 0.160 e. The maximum atomic E-state index is 5.58. The average molecular weight is 1420 g/mol. The van der Waals surface area contributed by atoms with Crippen molar-refractivity contribution in [1.82, 2.24) is 15.3 Å². The van der Waals surface area contributed by atoms with E-state index < -0.39 is 11.1 Å². The lowest BCUT2D eigenvalue weighted by atomic mass is 9.70. The van der Waals surface area contributed by atoms with Crippen LogP contribution in [0.5, 0.6) is 0 Å². The highest BCUT2D eigenvalue weighted by atomic mass is 15.2. The van der Waals surface area contributed by atoms with Crippen molar-refractivity contribution >= 4 is 28.9 Å². The van der Waals surface area contributed by atoms with Crippen molar-refractivity contribution in [1.29, 1.82) is 0 Å². The van der Waals surface area contributed by atoms with Crippen molar-refractivity contribution in [2.75, 3.05) is 0 Å². The Morgan fingerprint density at radius 2 is 1.12 bits per heavy atom. The number of aromatic nitrogens is 2. The van der Waals surface area contributed by atoms with Gasteiger partial charge in [0.15, 0.2) is 17.3 Å². The molecule has 0 saturated heterocycles. The van der Waals surface area contributed by atoms with Crippen LogP contribution in [-0.4, -0.2) is 27.3 Å². The van der Waals surface area contributed by atoms with Gasteiger partial charge in [0.2, 0.25) is 0 Å². The SMILES string of the molecule is CC1(C)C2=CC(c3ccc(C4=N[C@](C)(C5=CCC(c6ccc7c(c6)C(C)(C)c6ccccc6-7)C=C5)NC(CC5=CC=CCC5)=N4)cc3)CC=C2C2=C1CC=C(c1ccc3c(c1)C1(c4ccccc4-c4ccccc41)c1cc(-c4cc(C5C=CC(c6ccccc6)=CC5)nc(-c5ccc6c(c5)CCC=C6)n4)ccc1-3)C=C2. The maximum absolute atomic E-state index is 5.58. The van der Waals surface area contributed by atoms with Gasteiger partial charge < -0.3 is 5.32 Å². The number of hydrogen-bond donors (Lipinski definition) is 1. The number of hydrogen-bond acceptors (Lipinski definition) is 5. The second kappa shape index (κ2) is 25.6. The second-order valence-corrected chi connectivity index (χ2v) is 33.3. The molecule has 0 saturated carbocycles. The second-order valence-electron chi connectivity index (χ2n) is 33.3. The molecule has 2 heterocycles. The third-order valence-electron chi connectivity index (χ3n) is 26.3. The molecule has 110 heavy (non-hydrogen) atoms. The number of amidine groups is 2. The minimum atomic E-state index is -0.686. The molecule has 0 radical (unpaired) electrons. The summed E-state index contributed by atoms with van der Waals surface area (Å²) < 4.78 is 0. The summed E-state index contributed by atoms with van der Waals surface area (Å²) in [6, 6.07) is 78.1. The molecule has 3 unspecified atom stereocenters. The highest BCUT2D eigenvalue weighted by molar-refractivity contribution is 6.09. The first-order valence-corrected chi connectivity index (χ1v) is 40.0. The van der Waals surface area contributed by atoms with Crippen LogP contribution in [-0.2, 0) is 17.3 Å². The topological polar surface area (TPSA) is 62.5 Å². The molecule has 1 aromatic heterocycles. The summed E-state index contributed by atoms with van der Waals surface area (Å²) in [6.45, 7) is 11.9. The molecule has 532 valence electrons. The van der Waals surface area contributed by atoms with E-state index in [1.165, 1.54) is 145 Å². The third-order valence-corrected chi connectivity index (χ3v) is 26.3. The minimum Gasteiger partial charge on any atom is -0.346 e. The van der Waals surface area contributed by atoms with Crippen LogP contribution in [0.2, 0.25) is 0 Å². The van der Waals surface area contributed by atoms with Gasteiger partial charge in [0.25, 0.3) is 0 Å². The monoisotopic (exact) mass is 1420 g/mol. The van der Waals surface area contributed by atoms with E-state index in [0.29, 0.717) is 0 Å². The molecule has 21 rings (SSSR count). The van der Waals surface area contributed by atoms with E-state index in [1.807, 2.05) is 0 Å². The van der Waals surface area contributed by atoms with Gasteiger partial charge in [0, 0.05) is 51.7 Å². The van der Waals surface area contributed by atoms with Gasteiger partial charge in [0.05, 0.1) is 16.8 Å². The van der Waals surface area contributed by atoms with E-state index in [1.54, 1.807) is 0 Å². The molecule has 11 aliphatic rings. The van der Waals surface area contributed by atoms with Crippen molar-refractivity contribution in [2.24, 2.45) is 15.4 Å². The molecule has 1 spiro atoms. The molecule has 0 fully saturated rings. The molecule has 10 aliphatic carbocycles. The Labute approximate surface area is 647 Å². The summed E-state index contributed by atoms with van der Waals surface area (Å²) in [7, 11) is 0. The van der Waals surface area contributed by atoms with Crippen molar-refractivity contribution in [3.63, 3.8) is 0 Å². The summed E-state index contributed by atoms with van der Waals surface area (Å²) >= 11 is 0. The Morgan fingerprint density at radius 3 is 1.87 bits per heavy atom. The van der Waals surface area contributed by atoms with Crippen LogP contribution >= 0.6 is 0 Å². The molecule has 9 aromatic carbocycles. The Kier molecular flexibility index (Phi) is 15.4. The van der Waals surface area contributed by atoms with Crippen molar-refractivity contribution < 1.29 is 0 Å². The fourth-order valence-electron chi connectivity index (χ4n) is 20.4. The van der Waals surface area contributed by atoms with Gasteiger partial charge in [0.1, 0.15) is 5.84 Å². The lowest BCUT2D eigenvalue weighted by Gasteiger charge is -2.35. The van der Waals surface area contributed by atoms with Gasteiger partial charge in [-0.3, -0.25) is 0 Å². The fourth-order valence-corrected chi connectivity index (χ4v) is 20.4. The lowest BCUT2D eigenvalue weighted by Crippen LogP contribution is -2.49. The third kappa shape index (κ3) is 10.7. The van der Waals surface area contributed by atoms with Gasteiger partial charge >= 0.3 is 0 Å². The summed E-state index contributed by atoms with van der Waals surface area (Å²) in [5.41, 5.74) is 38.3. The first kappa shape index (κ1) is 66.3. The number of benzene rings is 9. The Morgan fingerprint density at radius 1 is 0.464 bits per heavy atom. The van der Waals surface area contributed by atoms with Crippen molar-refractivity contribution in [3.8, 4) is 56.0 Å². The quantitative estimate of drug-likeness (QED) is 0.140. The van der Waals surface area contributed by atoms with Crippen LogP contribution in [0.1, 0.15) is 182 Å². The van der Waals surface area contributed by atoms with E-state index >= 15 is 0 Å². The van der Waals surface area contributed by atoms with Crippen molar-refractivity contribution in [2.45, 2.75) is 127 Å². The van der Waals surface area contributed by atoms with Crippen LogP contribution in [0.15, 0.2) is 341 Å². The van der Waals surface area contributed by atoms with E-state index in [0.717, 1.165) is 103 Å². The number of aliphatic imine (C=N–C) groups is 2. The normalized spacial score (nSPS) is 21.9. The lowest BCUT2D eigenvalue weighted by molar-refractivity contribution is 0.509. The van der Waals surface area contributed by atoms with E-state index in [4.69, 9.17) is 20.0 Å². The highest BCUT2D eigenvalue weighted by Gasteiger charge is 2.52. The van der Waals surface area contributed by atoms with Crippen LogP contribution < -0.4 is 5.32 Å². The number of nitrogens with zero attached hydrogens (tertiary/aromatic N) is 4. The van der Waals surface area contributed by atoms with Gasteiger partial charge in [-0.1, -0.05) is 312 Å². The highest BCUT2D eigenvalue weighted by Crippen LogP contribution is 2.64. The van der Waals surface area contributed by atoms with Crippen LogP contribution in [0.4, 0.5) is 0 Å². The zero-order valence-electron chi connectivity index (χ0n) is 63.3. The summed E-state index contributed by atoms with van der Waals surface area (Å²) in [6.07, 6.45) is 46.5. The van der Waals surface area contributed by atoms with Gasteiger partial charge in [-0.25, -0.2) is 20.0 Å². The van der Waals surface area contributed by atoms with Crippen LogP contribution in [0, 0.1) is 5.41 Å². The van der Waals surface area contributed by atoms with Crippen molar-refractivity contribution in [3.05, 3.63) is 409 Å². The molecular formula is C105H87N5. The summed E-state index contributed by atoms with van der Waals surface area (Å²) in [5, 5.41) is 3.88. The molecule has 0 bridgehead atoms. The van der Waals surface area contributed by atoms with Gasteiger partial charge in [-0.2, -0.15) is 0 Å². The first-order chi connectivity index (χ1) is 53.8.